The number of ether oxygens (including phenoxy) is 4. The van der Waals surface area contributed by atoms with Crippen LogP contribution in [0, 0.1) is 11.8 Å². The number of hydrogen-bond acceptors (Lipinski definition) is 16. The molecule has 492 valence electrons. The molecular formula is C65H93N11O14. The van der Waals surface area contributed by atoms with E-state index in [1.54, 1.807) is 54.2 Å². The van der Waals surface area contributed by atoms with Gasteiger partial charge >= 0.3 is 0 Å². The van der Waals surface area contributed by atoms with Crippen LogP contribution in [0.3, 0.4) is 0 Å². The highest BCUT2D eigenvalue weighted by molar-refractivity contribution is 5.97. The van der Waals surface area contributed by atoms with Gasteiger partial charge in [0.25, 0.3) is 0 Å². The highest BCUT2D eigenvalue weighted by Crippen LogP contribution is 2.36. The summed E-state index contributed by atoms with van der Waals surface area (Å²) in [6.45, 7) is 4.26. The zero-order valence-electron chi connectivity index (χ0n) is 52.3. The molecule has 9 amide bonds. The number of carbonyl (C=O) groups is 9. The molecule has 3 aromatic carbocycles. The van der Waals surface area contributed by atoms with E-state index in [1.165, 1.54) is 0 Å². The average Bonchev–Trinajstić information content (AvgIpc) is 2.36. The van der Waals surface area contributed by atoms with Gasteiger partial charge in [-0.05, 0) is 95.0 Å². The lowest BCUT2D eigenvalue weighted by Gasteiger charge is -2.33. The first-order chi connectivity index (χ1) is 43.7. The molecule has 0 saturated carbocycles. The van der Waals surface area contributed by atoms with Gasteiger partial charge in [-0.15, -0.1) is 0 Å². The van der Waals surface area contributed by atoms with E-state index in [-0.39, 0.29) is 108 Å². The molecule has 4 heterocycles. The van der Waals surface area contributed by atoms with Gasteiger partial charge in [-0.25, -0.2) is 0 Å². The quantitative estimate of drug-likeness (QED) is 0.0362. The summed E-state index contributed by atoms with van der Waals surface area (Å²) in [5.41, 5.74) is 2.34. The summed E-state index contributed by atoms with van der Waals surface area (Å²) < 4.78 is 22.2. The summed E-state index contributed by atoms with van der Waals surface area (Å²) in [5, 5.41) is 36.4. The molecule has 0 radical (unpaired) electrons. The van der Waals surface area contributed by atoms with Gasteiger partial charge in [0.2, 0.25) is 53.2 Å². The maximum absolute atomic E-state index is 14.7. The lowest BCUT2D eigenvalue weighted by atomic mass is 9.92. The third kappa shape index (κ3) is 19.6. The fraction of sp³-hybridized carbons (Fsp3) is 0.585. The molecule has 0 spiro atoms. The molecular weight excluding hydrogens is 1160 g/mol. The van der Waals surface area contributed by atoms with Gasteiger partial charge in [0.15, 0.2) is 0 Å². The predicted octanol–water partition coefficient (Wildman–Crippen LogP) is 0.662. The summed E-state index contributed by atoms with van der Waals surface area (Å²) in [4.78, 5) is 126. The number of nitrogens with zero attached hydrogens (tertiary/aromatic N) is 2. The zero-order valence-corrected chi connectivity index (χ0v) is 52.3. The number of aliphatic hydroxyl groups excluding tert-OH is 1. The summed E-state index contributed by atoms with van der Waals surface area (Å²) in [7, 11) is 3.33. The topological polar surface area (TPSA) is 326 Å². The van der Waals surface area contributed by atoms with Gasteiger partial charge in [0, 0.05) is 50.2 Å². The maximum atomic E-state index is 14.7. The Hall–Kier alpha value is -7.39. The molecule has 4 aliphatic heterocycles. The van der Waals surface area contributed by atoms with Crippen molar-refractivity contribution in [1.29, 1.82) is 0 Å². The van der Waals surface area contributed by atoms with Crippen LogP contribution < -0.4 is 47.9 Å². The first kappa shape index (κ1) is 70.1. The van der Waals surface area contributed by atoms with Crippen LogP contribution in [0.1, 0.15) is 107 Å². The fourth-order valence-corrected chi connectivity index (χ4v) is 12.5. The Labute approximate surface area is 527 Å². The second-order valence-corrected chi connectivity index (χ2v) is 23.2. The summed E-state index contributed by atoms with van der Waals surface area (Å²) in [6.07, 6.45) is 5.10. The van der Waals surface area contributed by atoms with Crippen molar-refractivity contribution in [3.05, 3.63) is 108 Å². The SMILES string of the molecule is CC[C@H](NC)C(=O)N[C@@H]1C(=O)N2[C@@H](CC[C@@H]1CNC(=O)COCC(=O)NCCOCCOCCOCCNC(=O)[C@@H](NC(=O)[C@@H]1CC[C@@H]3CC[C@H](CO)[C@H](NC(=O)[C@H](CC)NC)C(=O)N31)c1ccccc1)CC[C@H]2C(=O)NC(c1ccccc1)c1ccccc1. The van der Waals surface area contributed by atoms with Crippen LogP contribution >= 0.6 is 0 Å². The van der Waals surface area contributed by atoms with Crippen LogP contribution in [-0.2, 0) is 62.1 Å². The van der Waals surface area contributed by atoms with Crippen molar-refractivity contribution in [3.8, 4) is 0 Å². The van der Waals surface area contributed by atoms with Crippen LogP contribution in [-0.4, -0.2) is 210 Å². The largest absolute Gasteiger partial charge is 0.396 e. The molecule has 0 aromatic heterocycles. The second kappa shape index (κ2) is 36.5. The van der Waals surface area contributed by atoms with E-state index >= 15 is 0 Å². The molecule has 90 heavy (non-hydrogen) atoms. The highest BCUT2D eigenvalue weighted by Gasteiger charge is 2.50. The van der Waals surface area contributed by atoms with Gasteiger partial charge in [-0.2, -0.15) is 0 Å². The van der Waals surface area contributed by atoms with Gasteiger partial charge in [-0.3, -0.25) is 43.2 Å². The number of hydrogen-bond donors (Lipinski definition) is 10. The van der Waals surface area contributed by atoms with Crippen molar-refractivity contribution in [2.45, 2.75) is 138 Å². The standard InChI is InChI=1S/C65H93N11O14/c1-5-49(66-3)59(80)73-57-45(22-24-47-26-28-51(75(47)64(57)85)61(82)71-55(42-16-10-7-11-17-42)43-18-12-8-13-19-43)38-70-54(79)41-90-40-53(78)68-30-32-87-34-36-89-37-35-88-33-31-69-63(84)56(44-20-14-9-15-21-44)72-62(83)52-29-27-48-25-23-46(39-77)58(65(86)76(48)52)74-60(81)50(6-2)67-4/h7-21,45-52,55-58,66-67,77H,5-6,22-41H2,1-4H3,(H,68,78)(H,69,84)(H,70,79)(H,71,82)(H,72,83)(H,73,80)(H,74,81)/t45-,46-,47+,48+,49+,50+,51+,52+,56+,57+,58+/m1/s1. The third-order valence-electron chi connectivity index (χ3n) is 17.4. The van der Waals surface area contributed by atoms with Crippen LogP contribution in [0.5, 0.6) is 0 Å². The highest BCUT2D eigenvalue weighted by atomic mass is 16.5. The Kier molecular flexibility index (Phi) is 28.4. The van der Waals surface area contributed by atoms with Crippen LogP contribution in [0.4, 0.5) is 0 Å². The molecule has 7 rings (SSSR count). The van der Waals surface area contributed by atoms with Crippen molar-refractivity contribution in [3.63, 3.8) is 0 Å². The van der Waals surface area contributed by atoms with Crippen LogP contribution in [0.25, 0.3) is 0 Å². The van der Waals surface area contributed by atoms with E-state index in [9.17, 15) is 48.3 Å². The smallest absolute Gasteiger partial charge is 0.247 e. The van der Waals surface area contributed by atoms with Gasteiger partial charge in [0.1, 0.15) is 43.4 Å². The maximum Gasteiger partial charge on any atom is 0.247 e. The Morgan fingerprint density at radius 1 is 0.500 bits per heavy atom. The van der Waals surface area contributed by atoms with Crippen molar-refractivity contribution in [2.24, 2.45) is 11.8 Å². The van der Waals surface area contributed by atoms with Crippen molar-refractivity contribution in [2.75, 3.05) is 93.2 Å². The normalized spacial score (nSPS) is 22.4. The van der Waals surface area contributed by atoms with E-state index in [2.05, 4.69) is 47.9 Å². The Balaban J connectivity index is 0.761. The number of amides is 9. The molecule has 25 heteroatoms. The number of aliphatic hydroxyl groups is 1. The monoisotopic (exact) mass is 1250 g/mol. The lowest BCUT2D eigenvalue weighted by Crippen LogP contribution is -2.59. The van der Waals surface area contributed by atoms with Crippen LogP contribution in [0.2, 0.25) is 0 Å². The number of carbonyl (C=O) groups excluding carboxylic acids is 9. The second-order valence-electron chi connectivity index (χ2n) is 23.2. The Bertz CT molecular complexity index is 2760. The van der Waals surface area contributed by atoms with Gasteiger partial charge in [-0.1, -0.05) is 105 Å². The third-order valence-corrected chi connectivity index (χ3v) is 17.4. The van der Waals surface area contributed by atoms with E-state index in [0.29, 0.717) is 69.8 Å². The Morgan fingerprint density at radius 2 is 0.922 bits per heavy atom. The summed E-state index contributed by atoms with van der Waals surface area (Å²) >= 11 is 0. The first-order valence-electron chi connectivity index (χ1n) is 31.8. The molecule has 4 aliphatic rings. The predicted molar refractivity (Wildman–Crippen MR) is 332 cm³/mol. The van der Waals surface area contributed by atoms with Crippen molar-refractivity contribution < 1.29 is 67.2 Å². The lowest BCUT2D eigenvalue weighted by molar-refractivity contribution is -0.144. The minimum atomic E-state index is -1.07. The van der Waals surface area contributed by atoms with E-state index < -0.39 is 96.3 Å². The van der Waals surface area contributed by atoms with E-state index in [0.717, 1.165) is 11.1 Å². The van der Waals surface area contributed by atoms with Crippen LogP contribution in [0.15, 0.2) is 91.0 Å². The molecule has 0 bridgehead atoms. The van der Waals surface area contributed by atoms with E-state index in [4.69, 9.17) is 18.9 Å². The van der Waals surface area contributed by atoms with Crippen molar-refractivity contribution in [1.82, 2.24) is 57.7 Å². The molecule has 4 saturated heterocycles. The average molecular weight is 1250 g/mol. The zero-order chi connectivity index (χ0) is 64.4. The number of benzene rings is 3. The number of likely N-dealkylation sites (N-methyl/N-ethyl adjacent to an activating group) is 2. The number of rotatable bonds is 35. The van der Waals surface area contributed by atoms with Crippen molar-refractivity contribution >= 4 is 53.2 Å². The number of nitrogens with one attached hydrogen (secondary N) is 9. The summed E-state index contributed by atoms with van der Waals surface area (Å²) in [5.74, 6) is -4.74. The Morgan fingerprint density at radius 3 is 1.40 bits per heavy atom. The molecule has 25 nitrogen and oxygen atoms in total. The van der Waals surface area contributed by atoms with E-state index in [1.807, 2.05) is 74.5 Å². The minimum Gasteiger partial charge on any atom is -0.396 e. The number of fused-ring (bicyclic) bond motifs is 2. The minimum absolute atomic E-state index is 0.0444. The molecule has 0 unspecified atom stereocenters. The molecule has 4 fully saturated rings. The molecule has 11 atom stereocenters. The fourth-order valence-electron chi connectivity index (χ4n) is 12.5. The first-order valence-corrected chi connectivity index (χ1v) is 31.8. The van der Waals surface area contributed by atoms with Gasteiger partial charge < -0.3 is 81.7 Å². The summed E-state index contributed by atoms with van der Waals surface area (Å²) in [6, 6.07) is 21.3. The van der Waals surface area contributed by atoms with Gasteiger partial charge in [0.05, 0.1) is 57.8 Å². The molecule has 3 aromatic rings. The molecule has 10 N–H and O–H groups in total. The molecule has 0 aliphatic carbocycles.